The van der Waals surface area contributed by atoms with Gasteiger partial charge in [0.1, 0.15) is 11.4 Å². The van der Waals surface area contributed by atoms with Crippen LogP contribution in [0.4, 0.5) is 5.13 Å². The van der Waals surface area contributed by atoms with Crippen LogP contribution in [0.2, 0.25) is 0 Å². The fourth-order valence-electron chi connectivity index (χ4n) is 3.80. The maximum absolute atomic E-state index is 13.0. The summed E-state index contributed by atoms with van der Waals surface area (Å²) in [7, 11) is -2.19. The van der Waals surface area contributed by atoms with Crippen LogP contribution in [-0.4, -0.2) is 49.5 Å². The van der Waals surface area contributed by atoms with Crippen molar-refractivity contribution in [2.24, 2.45) is 0 Å². The van der Waals surface area contributed by atoms with Crippen LogP contribution < -0.4 is 9.46 Å². The number of thiazole rings is 1. The molecule has 1 unspecified atom stereocenters. The molecule has 1 fully saturated rings. The topological polar surface area (TPSA) is 109 Å². The summed E-state index contributed by atoms with van der Waals surface area (Å²) in [5.41, 5.74) is 1.99. The third-order valence-electron chi connectivity index (χ3n) is 5.43. The van der Waals surface area contributed by atoms with Gasteiger partial charge in [0.25, 0.3) is 15.9 Å². The van der Waals surface area contributed by atoms with Gasteiger partial charge in [-0.1, -0.05) is 24.3 Å². The number of aliphatic hydroxyl groups excluding tert-OH is 1. The molecular formula is C22H23N3O5S2. The van der Waals surface area contributed by atoms with E-state index in [0.717, 1.165) is 28.9 Å². The lowest BCUT2D eigenvalue weighted by Gasteiger charge is -2.17. The molecule has 1 aromatic heterocycles. The molecule has 168 valence electrons. The van der Waals surface area contributed by atoms with Crippen LogP contribution in [0.25, 0.3) is 0 Å². The fourth-order valence-corrected chi connectivity index (χ4v) is 5.76. The van der Waals surface area contributed by atoms with Gasteiger partial charge in [0.15, 0.2) is 5.13 Å². The van der Waals surface area contributed by atoms with E-state index in [0.29, 0.717) is 18.8 Å². The number of nitrogens with zero attached hydrogens (tertiary/aromatic N) is 2. The van der Waals surface area contributed by atoms with Crippen molar-refractivity contribution in [3.63, 3.8) is 0 Å². The third-order valence-corrected chi connectivity index (χ3v) is 7.68. The van der Waals surface area contributed by atoms with Crippen molar-refractivity contribution in [3.8, 4) is 5.75 Å². The molecule has 1 saturated heterocycles. The van der Waals surface area contributed by atoms with Gasteiger partial charge in [0.05, 0.1) is 18.6 Å². The highest BCUT2D eigenvalue weighted by Gasteiger charge is 2.30. The molecular weight excluding hydrogens is 450 g/mol. The standard InChI is InChI=1S/C22H23N3O5S2/c1-30-17-7-8-19(16(11-17)13-26)15-9-10-25(12-15)21(27)20-14-31-22(23-20)24-32(28,29)18-5-3-2-4-6-18/h2-8,11,14-15,26H,9-10,12-13H2,1H3,(H,23,24). The van der Waals surface area contributed by atoms with Crippen molar-refractivity contribution in [1.82, 2.24) is 9.88 Å². The monoisotopic (exact) mass is 473 g/mol. The Labute approximate surface area is 190 Å². The lowest BCUT2D eigenvalue weighted by atomic mass is 9.93. The van der Waals surface area contributed by atoms with Gasteiger partial charge in [0.2, 0.25) is 0 Å². The van der Waals surface area contributed by atoms with Crippen molar-refractivity contribution in [1.29, 1.82) is 0 Å². The summed E-state index contributed by atoms with van der Waals surface area (Å²) >= 11 is 1.07. The van der Waals surface area contributed by atoms with Gasteiger partial charge < -0.3 is 14.7 Å². The predicted molar refractivity (Wildman–Crippen MR) is 122 cm³/mol. The molecule has 2 heterocycles. The number of amides is 1. The first-order valence-corrected chi connectivity index (χ1v) is 12.4. The molecule has 1 aliphatic heterocycles. The first-order valence-electron chi connectivity index (χ1n) is 10.0. The second kappa shape index (κ2) is 9.27. The Morgan fingerprint density at radius 1 is 1.28 bits per heavy atom. The Morgan fingerprint density at radius 2 is 2.06 bits per heavy atom. The van der Waals surface area contributed by atoms with Crippen LogP contribution in [0.1, 0.15) is 34.0 Å². The zero-order valence-corrected chi connectivity index (χ0v) is 19.0. The summed E-state index contributed by atoms with van der Waals surface area (Å²) < 4.78 is 32.6. The molecule has 0 spiro atoms. The van der Waals surface area contributed by atoms with Crippen molar-refractivity contribution in [2.75, 3.05) is 24.9 Å². The lowest BCUT2D eigenvalue weighted by Crippen LogP contribution is -2.28. The summed E-state index contributed by atoms with van der Waals surface area (Å²) in [4.78, 5) is 19.0. The lowest BCUT2D eigenvalue weighted by molar-refractivity contribution is 0.0786. The largest absolute Gasteiger partial charge is 0.497 e. The zero-order chi connectivity index (χ0) is 22.7. The Bertz CT molecular complexity index is 1210. The Kier molecular flexibility index (Phi) is 6.45. The van der Waals surface area contributed by atoms with E-state index in [9.17, 15) is 18.3 Å². The molecule has 4 rings (SSSR count). The number of carbonyl (C=O) groups excluding carboxylic acids is 1. The number of likely N-dealkylation sites (tertiary alicyclic amines) is 1. The van der Waals surface area contributed by atoms with E-state index in [1.165, 1.54) is 12.1 Å². The molecule has 0 aliphatic carbocycles. The number of hydrogen-bond donors (Lipinski definition) is 2. The molecule has 0 radical (unpaired) electrons. The van der Waals surface area contributed by atoms with Crippen molar-refractivity contribution in [3.05, 3.63) is 70.7 Å². The minimum Gasteiger partial charge on any atom is -0.497 e. The number of hydrogen-bond acceptors (Lipinski definition) is 7. The summed E-state index contributed by atoms with van der Waals surface area (Å²) in [6.45, 7) is 0.956. The van der Waals surface area contributed by atoms with Gasteiger partial charge in [0, 0.05) is 24.4 Å². The number of anilines is 1. The minimum absolute atomic E-state index is 0.0988. The normalized spacial score (nSPS) is 16.2. The van der Waals surface area contributed by atoms with Gasteiger partial charge >= 0.3 is 0 Å². The van der Waals surface area contributed by atoms with E-state index in [4.69, 9.17) is 4.74 Å². The molecule has 1 atom stereocenters. The first kappa shape index (κ1) is 22.3. The highest BCUT2D eigenvalue weighted by molar-refractivity contribution is 7.93. The van der Waals surface area contributed by atoms with E-state index in [2.05, 4.69) is 9.71 Å². The fraction of sp³-hybridized carbons (Fsp3) is 0.273. The van der Waals surface area contributed by atoms with Crippen molar-refractivity contribution in [2.45, 2.75) is 23.8 Å². The average molecular weight is 474 g/mol. The molecule has 1 amide bonds. The Balaban J connectivity index is 1.45. The van der Waals surface area contributed by atoms with E-state index in [1.807, 2.05) is 18.2 Å². The summed E-state index contributed by atoms with van der Waals surface area (Å²) in [5, 5.41) is 11.4. The molecule has 10 heteroatoms. The molecule has 2 aromatic carbocycles. The van der Waals surface area contributed by atoms with Crippen molar-refractivity contribution >= 4 is 32.4 Å². The van der Waals surface area contributed by atoms with Gasteiger partial charge in [-0.05, 0) is 41.8 Å². The molecule has 0 bridgehead atoms. The highest BCUT2D eigenvalue weighted by Crippen LogP contribution is 2.33. The number of rotatable bonds is 7. The number of ether oxygens (including phenoxy) is 1. The second-order valence-electron chi connectivity index (χ2n) is 7.42. The number of aliphatic hydroxyl groups is 1. The predicted octanol–water partition coefficient (Wildman–Crippen LogP) is 3.07. The molecule has 32 heavy (non-hydrogen) atoms. The summed E-state index contributed by atoms with van der Waals surface area (Å²) in [6.07, 6.45) is 0.767. The zero-order valence-electron chi connectivity index (χ0n) is 17.4. The molecule has 0 saturated carbocycles. The minimum atomic E-state index is -3.76. The first-order chi connectivity index (χ1) is 15.4. The molecule has 1 aliphatic rings. The van der Waals surface area contributed by atoms with E-state index >= 15 is 0 Å². The SMILES string of the molecule is COc1ccc(C2CCN(C(=O)c3csc(NS(=O)(=O)c4ccccc4)n3)C2)c(CO)c1. The van der Waals surface area contributed by atoms with Crippen LogP contribution in [0, 0.1) is 0 Å². The van der Waals surface area contributed by atoms with E-state index < -0.39 is 10.0 Å². The van der Waals surface area contributed by atoms with Crippen LogP contribution in [0.3, 0.4) is 0 Å². The molecule has 2 N–H and O–H groups in total. The third kappa shape index (κ3) is 4.62. The number of aromatic nitrogens is 1. The number of nitrogens with one attached hydrogen (secondary N) is 1. The number of methoxy groups -OCH3 is 1. The summed E-state index contributed by atoms with van der Waals surface area (Å²) in [5.74, 6) is 0.534. The van der Waals surface area contributed by atoms with E-state index in [-0.39, 0.29) is 34.2 Å². The Morgan fingerprint density at radius 3 is 2.78 bits per heavy atom. The van der Waals surface area contributed by atoms with Gasteiger partial charge in [-0.25, -0.2) is 13.4 Å². The highest BCUT2D eigenvalue weighted by atomic mass is 32.2. The van der Waals surface area contributed by atoms with Gasteiger partial charge in [-0.2, -0.15) is 0 Å². The average Bonchev–Trinajstić information content (AvgIpc) is 3.48. The van der Waals surface area contributed by atoms with Crippen LogP contribution in [-0.2, 0) is 16.6 Å². The molecule has 8 nitrogen and oxygen atoms in total. The van der Waals surface area contributed by atoms with Gasteiger partial charge in [-0.15, -0.1) is 11.3 Å². The second-order valence-corrected chi connectivity index (χ2v) is 9.96. The quantitative estimate of drug-likeness (QED) is 0.546. The number of carbonyl (C=O) groups is 1. The molecule has 3 aromatic rings. The Hall–Kier alpha value is -2.95. The number of benzene rings is 2. The maximum atomic E-state index is 13.0. The van der Waals surface area contributed by atoms with Crippen LogP contribution in [0.5, 0.6) is 5.75 Å². The smallest absolute Gasteiger partial charge is 0.273 e. The van der Waals surface area contributed by atoms with E-state index in [1.54, 1.807) is 35.6 Å². The van der Waals surface area contributed by atoms with Gasteiger partial charge in [-0.3, -0.25) is 9.52 Å². The van der Waals surface area contributed by atoms with Crippen LogP contribution >= 0.6 is 11.3 Å². The maximum Gasteiger partial charge on any atom is 0.273 e. The number of sulfonamides is 1. The van der Waals surface area contributed by atoms with Crippen LogP contribution in [0.15, 0.2) is 58.8 Å². The summed E-state index contributed by atoms with van der Waals surface area (Å²) in [6, 6.07) is 13.6. The van der Waals surface area contributed by atoms with Crippen molar-refractivity contribution < 1.29 is 23.1 Å².